The lowest BCUT2D eigenvalue weighted by Crippen LogP contribution is -2.06. The standard InChI is InChI=1S/C15H13ClN2O2/c1-9(10-2-4-11(16)5-3-10)17-12-6-7-14-13(8-12)18-15(19)20-14/h2-9,17H,1H3,(H,18,19). The highest BCUT2D eigenvalue weighted by Crippen LogP contribution is 2.23. The van der Waals surface area contributed by atoms with E-state index in [2.05, 4.69) is 17.2 Å². The molecule has 1 aromatic heterocycles. The van der Waals surface area contributed by atoms with Gasteiger partial charge in [-0.25, -0.2) is 4.79 Å². The third-order valence-corrected chi connectivity index (χ3v) is 3.42. The monoisotopic (exact) mass is 288 g/mol. The van der Waals surface area contributed by atoms with Gasteiger partial charge in [0.2, 0.25) is 0 Å². The maximum absolute atomic E-state index is 11.1. The first kappa shape index (κ1) is 12.8. The van der Waals surface area contributed by atoms with Gasteiger partial charge in [-0.05, 0) is 42.8 Å². The minimum atomic E-state index is -0.442. The highest BCUT2D eigenvalue weighted by Gasteiger charge is 2.07. The Balaban J connectivity index is 1.84. The van der Waals surface area contributed by atoms with Crippen LogP contribution in [-0.2, 0) is 0 Å². The van der Waals surface area contributed by atoms with Crippen molar-refractivity contribution >= 4 is 28.4 Å². The van der Waals surface area contributed by atoms with E-state index < -0.39 is 5.76 Å². The van der Waals surface area contributed by atoms with Crippen LogP contribution < -0.4 is 11.1 Å². The minimum Gasteiger partial charge on any atom is -0.408 e. The number of rotatable bonds is 3. The fourth-order valence-electron chi connectivity index (χ4n) is 2.13. The molecule has 0 aliphatic heterocycles. The Hall–Kier alpha value is -2.20. The second kappa shape index (κ2) is 5.06. The van der Waals surface area contributed by atoms with Crippen LogP contribution in [0.25, 0.3) is 11.1 Å². The van der Waals surface area contributed by atoms with Gasteiger partial charge in [-0.15, -0.1) is 0 Å². The van der Waals surface area contributed by atoms with Crippen LogP contribution in [0.15, 0.2) is 51.7 Å². The van der Waals surface area contributed by atoms with E-state index in [0.29, 0.717) is 11.1 Å². The van der Waals surface area contributed by atoms with Crippen molar-refractivity contribution in [2.45, 2.75) is 13.0 Å². The summed E-state index contributed by atoms with van der Waals surface area (Å²) in [5.41, 5.74) is 3.29. The molecule has 102 valence electrons. The molecule has 2 aromatic carbocycles. The molecule has 3 rings (SSSR count). The molecule has 0 aliphatic carbocycles. The van der Waals surface area contributed by atoms with Gasteiger partial charge in [0.25, 0.3) is 0 Å². The van der Waals surface area contributed by atoms with E-state index in [1.165, 1.54) is 0 Å². The molecular formula is C15H13ClN2O2. The van der Waals surface area contributed by atoms with E-state index >= 15 is 0 Å². The maximum Gasteiger partial charge on any atom is 0.417 e. The topological polar surface area (TPSA) is 58.0 Å². The molecule has 0 aliphatic rings. The number of H-pyrrole nitrogens is 1. The Morgan fingerprint density at radius 2 is 1.95 bits per heavy atom. The van der Waals surface area contributed by atoms with E-state index in [1.807, 2.05) is 36.4 Å². The van der Waals surface area contributed by atoms with Crippen molar-refractivity contribution in [3.63, 3.8) is 0 Å². The lowest BCUT2D eigenvalue weighted by molar-refractivity contribution is 0.555. The molecule has 0 bridgehead atoms. The average Bonchev–Trinajstić information content (AvgIpc) is 2.78. The summed E-state index contributed by atoms with van der Waals surface area (Å²) in [7, 11) is 0. The largest absolute Gasteiger partial charge is 0.417 e. The Morgan fingerprint density at radius 1 is 1.20 bits per heavy atom. The first-order valence-electron chi connectivity index (χ1n) is 6.27. The van der Waals surface area contributed by atoms with Gasteiger partial charge in [-0.1, -0.05) is 23.7 Å². The van der Waals surface area contributed by atoms with Gasteiger partial charge in [0.15, 0.2) is 5.58 Å². The van der Waals surface area contributed by atoms with Gasteiger partial charge in [0.1, 0.15) is 0 Å². The van der Waals surface area contributed by atoms with Crippen LogP contribution in [0.4, 0.5) is 5.69 Å². The lowest BCUT2D eigenvalue weighted by atomic mass is 10.1. The average molecular weight is 289 g/mol. The molecule has 0 saturated carbocycles. The zero-order chi connectivity index (χ0) is 14.1. The normalized spacial score (nSPS) is 12.5. The summed E-state index contributed by atoms with van der Waals surface area (Å²) in [4.78, 5) is 13.8. The molecule has 4 nitrogen and oxygen atoms in total. The molecule has 1 heterocycles. The third kappa shape index (κ3) is 2.56. The predicted molar refractivity (Wildman–Crippen MR) is 80.3 cm³/mol. The Labute approximate surface area is 120 Å². The first-order valence-corrected chi connectivity index (χ1v) is 6.64. The molecule has 20 heavy (non-hydrogen) atoms. The van der Waals surface area contributed by atoms with Crippen LogP contribution in [0, 0.1) is 0 Å². The maximum atomic E-state index is 11.1. The summed E-state index contributed by atoms with van der Waals surface area (Å²) in [5, 5.41) is 4.09. The molecule has 0 spiro atoms. The number of halogens is 1. The molecule has 2 N–H and O–H groups in total. The van der Waals surface area contributed by atoms with Gasteiger partial charge < -0.3 is 9.73 Å². The van der Waals surface area contributed by atoms with Crippen molar-refractivity contribution in [3.05, 3.63) is 63.6 Å². The van der Waals surface area contributed by atoms with Crippen molar-refractivity contribution in [3.8, 4) is 0 Å². The van der Waals surface area contributed by atoms with E-state index in [-0.39, 0.29) is 6.04 Å². The number of oxazole rings is 1. The van der Waals surface area contributed by atoms with Crippen molar-refractivity contribution in [2.24, 2.45) is 0 Å². The quantitative estimate of drug-likeness (QED) is 0.767. The minimum absolute atomic E-state index is 0.128. The van der Waals surface area contributed by atoms with Gasteiger partial charge >= 0.3 is 5.76 Å². The first-order chi connectivity index (χ1) is 9.61. The van der Waals surface area contributed by atoms with E-state index in [0.717, 1.165) is 16.3 Å². The summed E-state index contributed by atoms with van der Waals surface area (Å²) in [6, 6.07) is 13.3. The van der Waals surface area contributed by atoms with Gasteiger partial charge in [-0.3, -0.25) is 4.98 Å². The number of hydrogen-bond donors (Lipinski definition) is 2. The summed E-state index contributed by atoms with van der Waals surface area (Å²) in [6.45, 7) is 2.06. The highest BCUT2D eigenvalue weighted by atomic mass is 35.5. The zero-order valence-corrected chi connectivity index (χ0v) is 11.6. The van der Waals surface area contributed by atoms with E-state index in [1.54, 1.807) is 6.07 Å². The van der Waals surface area contributed by atoms with Crippen LogP contribution in [0.2, 0.25) is 5.02 Å². The van der Waals surface area contributed by atoms with Crippen molar-refractivity contribution in [1.82, 2.24) is 4.98 Å². The second-order valence-electron chi connectivity index (χ2n) is 4.64. The van der Waals surface area contributed by atoms with Crippen LogP contribution in [0.1, 0.15) is 18.5 Å². The fourth-order valence-corrected chi connectivity index (χ4v) is 2.25. The summed E-state index contributed by atoms with van der Waals surface area (Å²) in [6.07, 6.45) is 0. The number of hydrogen-bond acceptors (Lipinski definition) is 3. The smallest absolute Gasteiger partial charge is 0.408 e. The van der Waals surface area contributed by atoms with Crippen LogP contribution in [0.5, 0.6) is 0 Å². The second-order valence-corrected chi connectivity index (χ2v) is 5.08. The molecule has 0 amide bonds. The van der Waals surface area contributed by atoms with Crippen LogP contribution >= 0.6 is 11.6 Å². The lowest BCUT2D eigenvalue weighted by Gasteiger charge is -2.15. The van der Waals surface area contributed by atoms with Gasteiger partial charge in [0, 0.05) is 16.8 Å². The molecule has 5 heteroatoms. The molecule has 1 atom stereocenters. The zero-order valence-electron chi connectivity index (χ0n) is 10.8. The Bertz CT molecular complexity index is 789. The molecular weight excluding hydrogens is 276 g/mol. The fraction of sp³-hybridized carbons (Fsp3) is 0.133. The SMILES string of the molecule is CC(Nc1ccc2oc(=O)[nH]c2c1)c1ccc(Cl)cc1. The number of benzene rings is 2. The molecule has 3 aromatic rings. The number of aromatic nitrogens is 1. The molecule has 0 saturated heterocycles. The van der Waals surface area contributed by atoms with Crippen molar-refractivity contribution in [1.29, 1.82) is 0 Å². The van der Waals surface area contributed by atoms with Gasteiger partial charge in [0.05, 0.1) is 5.52 Å². The molecule has 0 fully saturated rings. The number of aromatic amines is 1. The van der Waals surface area contributed by atoms with Crippen molar-refractivity contribution < 1.29 is 4.42 Å². The van der Waals surface area contributed by atoms with E-state index in [9.17, 15) is 4.79 Å². The predicted octanol–water partition coefficient (Wildman–Crippen LogP) is 3.95. The number of nitrogens with one attached hydrogen (secondary N) is 2. The van der Waals surface area contributed by atoms with E-state index in [4.69, 9.17) is 16.0 Å². The third-order valence-electron chi connectivity index (χ3n) is 3.17. The summed E-state index contributed by atoms with van der Waals surface area (Å²) >= 11 is 5.88. The Morgan fingerprint density at radius 3 is 2.70 bits per heavy atom. The summed E-state index contributed by atoms with van der Waals surface area (Å²) in [5.74, 6) is -0.442. The van der Waals surface area contributed by atoms with Crippen LogP contribution in [0.3, 0.4) is 0 Å². The summed E-state index contributed by atoms with van der Waals surface area (Å²) < 4.78 is 4.97. The van der Waals surface area contributed by atoms with Crippen LogP contribution in [-0.4, -0.2) is 4.98 Å². The Kier molecular flexibility index (Phi) is 3.24. The highest BCUT2D eigenvalue weighted by molar-refractivity contribution is 6.30. The number of anilines is 1. The molecule has 1 unspecified atom stereocenters. The number of fused-ring (bicyclic) bond motifs is 1. The van der Waals surface area contributed by atoms with Crippen molar-refractivity contribution in [2.75, 3.05) is 5.32 Å². The van der Waals surface area contributed by atoms with Gasteiger partial charge in [-0.2, -0.15) is 0 Å². The molecule has 0 radical (unpaired) electrons.